The van der Waals surface area contributed by atoms with E-state index in [0.717, 1.165) is 48.1 Å². The molecule has 2 bridgehead atoms. The summed E-state index contributed by atoms with van der Waals surface area (Å²) >= 11 is 1.59. The number of thiophene rings is 1. The van der Waals surface area contributed by atoms with Crippen molar-refractivity contribution < 1.29 is 19.4 Å². The topological polar surface area (TPSA) is 78.9 Å². The number of piperidine rings is 3. The average molecular weight is 437 g/mol. The molecule has 0 aliphatic carbocycles. The minimum atomic E-state index is -1.00. The quantitative estimate of drug-likeness (QED) is 0.558. The van der Waals surface area contributed by atoms with E-state index in [1.807, 2.05) is 29.6 Å². The van der Waals surface area contributed by atoms with Crippen LogP contribution in [0.25, 0.3) is 10.1 Å². The molecular weight excluding hydrogens is 412 g/mol. The highest BCUT2D eigenvalue weighted by molar-refractivity contribution is 7.17. The molecule has 2 aromatic carbocycles. The van der Waals surface area contributed by atoms with Gasteiger partial charge in [0.25, 0.3) is 0 Å². The van der Waals surface area contributed by atoms with Gasteiger partial charge in [-0.25, -0.2) is 9.59 Å². The summed E-state index contributed by atoms with van der Waals surface area (Å²) in [5, 5.41) is 15.6. The molecule has 3 fully saturated rings. The van der Waals surface area contributed by atoms with Crippen LogP contribution in [-0.4, -0.2) is 47.7 Å². The van der Waals surface area contributed by atoms with Crippen molar-refractivity contribution in [3.8, 4) is 0 Å². The monoisotopic (exact) mass is 436 g/mol. The van der Waals surface area contributed by atoms with Gasteiger partial charge in [0, 0.05) is 22.5 Å². The lowest BCUT2D eigenvalue weighted by atomic mass is 9.86. The molecule has 0 radical (unpaired) electrons. The first-order chi connectivity index (χ1) is 15.1. The van der Waals surface area contributed by atoms with E-state index in [1.54, 1.807) is 29.5 Å². The van der Waals surface area contributed by atoms with Gasteiger partial charge in [-0.05, 0) is 66.9 Å². The van der Waals surface area contributed by atoms with E-state index in [-0.39, 0.29) is 17.6 Å². The molecule has 0 spiro atoms. The van der Waals surface area contributed by atoms with Gasteiger partial charge in [-0.1, -0.05) is 24.3 Å². The second-order valence-corrected chi connectivity index (χ2v) is 9.18. The van der Waals surface area contributed by atoms with Gasteiger partial charge in [0.1, 0.15) is 6.10 Å². The van der Waals surface area contributed by atoms with E-state index in [9.17, 15) is 14.7 Å². The Morgan fingerprint density at radius 3 is 2.68 bits per heavy atom. The SMILES string of the molecule is O=C(O)c1cccc(NC(C(=O)OC2CN3CCC2CC3)c2csc3ccccc23)c1. The van der Waals surface area contributed by atoms with E-state index in [2.05, 4.69) is 10.2 Å². The number of anilines is 1. The van der Waals surface area contributed by atoms with Gasteiger partial charge in [0.15, 0.2) is 6.04 Å². The maximum atomic E-state index is 13.4. The number of hydrogen-bond acceptors (Lipinski definition) is 6. The predicted octanol–water partition coefficient (Wildman–Crippen LogP) is 4.39. The smallest absolute Gasteiger partial charge is 0.335 e. The largest absolute Gasteiger partial charge is 0.478 e. The third kappa shape index (κ3) is 4.03. The highest BCUT2D eigenvalue weighted by atomic mass is 32.1. The van der Waals surface area contributed by atoms with Crippen LogP contribution in [-0.2, 0) is 9.53 Å². The van der Waals surface area contributed by atoms with Gasteiger partial charge >= 0.3 is 11.9 Å². The van der Waals surface area contributed by atoms with E-state index in [1.165, 1.54) is 6.07 Å². The zero-order valence-electron chi connectivity index (χ0n) is 17.0. The van der Waals surface area contributed by atoms with Crippen molar-refractivity contribution in [2.24, 2.45) is 5.92 Å². The van der Waals surface area contributed by atoms with Crippen molar-refractivity contribution in [3.63, 3.8) is 0 Å². The Labute approximate surface area is 184 Å². The van der Waals surface area contributed by atoms with E-state index in [0.29, 0.717) is 11.6 Å². The number of carbonyl (C=O) groups excluding carboxylic acids is 1. The van der Waals surface area contributed by atoms with Crippen LogP contribution in [0.5, 0.6) is 0 Å². The van der Waals surface area contributed by atoms with Crippen molar-refractivity contribution >= 4 is 39.0 Å². The van der Waals surface area contributed by atoms with Crippen LogP contribution in [0.1, 0.15) is 34.8 Å². The Morgan fingerprint density at radius 1 is 1.13 bits per heavy atom. The molecule has 31 heavy (non-hydrogen) atoms. The highest BCUT2D eigenvalue weighted by Gasteiger charge is 2.38. The molecule has 3 aromatic rings. The van der Waals surface area contributed by atoms with E-state index in [4.69, 9.17) is 4.74 Å². The van der Waals surface area contributed by atoms with Crippen molar-refractivity contribution in [1.29, 1.82) is 0 Å². The molecule has 3 aliphatic rings. The third-order valence-electron chi connectivity index (χ3n) is 6.34. The first-order valence-electron chi connectivity index (χ1n) is 10.6. The van der Waals surface area contributed by atoms with Crippen LogP contribution in [0.4, 0.5) is 5.69 Å². The minimum absolute atomic E-state index is 0.0884. The first-order valence-corrected chi connectivity index (χ1v) is 11.5. The number of nitrogens with zero attached hydrogens (tertiary/aromatic N) is 1. The molecule has 6 rings (SSSR count). The van der Waals surface area contributed by atoms with Crippen molar-refractivity contribution in [1.82, 2.24) is 4.90 Å². The average Bonchev–Trinajstić information content (AvgIpc) is 3.22. The fourth-order valence-electron chi connectivity index (χ4n) is 4.66. The Morgan fingerprint density at radius 2 is 1.94 bits per heavy atom. The number of carbonyl (C=O) groups is 2. The number of carboxylic acids is 1. The van der Waals surface area contributed by atoms with Crippen LogP contribution in [0.2, 0.25) is 0 Å². The van der Waals surface area contributed by atoms with Gasteiger partial charge in [-0.15, -0.1) is 11.3 Å². The van der Waals surface area contributed by atoms with Gasteiger partial charge in [-0.3, -0.25) is 4.90 Å². The summed E-state index contributed by atoms with van der Waals surface area (Å²) in [6.45, 7) is 2.96. The summed E-state index contributed by atoms with van der Waals surface area (Å²) in [5.74, 6) is -0.900. The second kappa shape index (κ2) is 8.32. The van der Waals surface area contributed by atoms with E-state index < -0.39 is 12.0 Å². The lowest BCUT2D eigenvalue weighted by molar-refractivity contribution is -0.159. The second-order valence-electron chi connectivity index (χ2n) is 8.26. The zero-order chi connectivity index (χ0) is 21.4. The van der Waals surface area contributed by atoms with Gasteiger partial charge < -0.3 is 15.2 Å². The molecule has 2 N–H and O–H groups in total. The van der Waals surface area contributed by atoms with E-state index >= 15 is 0 Å². The Hall–Kier alpha value is -2.90. The lowest BCUT2D eigenvalue weighted by Gasteiger charge is -2.44. The summed E-state index contributed by atoms with van der Waals surface area (Å²) in [6, 6.07) is 13.8. The molecule has 0 amide bonds. The molecule has 3 saturated heterocycles. The normalized spacial score (nSPS) is 23.4. The predicted molar refractivity (Wildman–Crippen MR) is 121 cm³/mol. The Bertz CT molecular complexity index is 1120. The molecule has 3 aliphatic heterocycles. The standard InChI is InChI=1S/C24H24N2O4S/c27-23(28)16-4-3-5-17(12-16)25-22(19-14-31-21-7-2-1-6-18(19)21)24(29)30-20-13-26-10-8-15(20)9-11-26/h1-7,12,14-15,20,22,25H,8-11,13H2,(H,27,28). The Balaban J connectivity index is 1.46. The molecule has 160 valence electrons. The highest BCUT2D eigenvalue weighted by Crippen LogP contribution is 2.35. The number of aromatic carboxylic acids is 1. The van der Waals surface area contributed by atoms with Gasteiger partial charge in [0.2, 0.25) is 0 Å². The molecule has 4 heterocycles. The van der Waals surface area contributed by atoms with Crippen LogP contribution in [0.15, 0.2) is 53.9 Å². The summed E-state index contributed by atoms with van der Waals surface area (Å²) in [6.07, 6.45) is 2.05. The number of nitrogens with one attached hydrogen (secondary N) is 1. The number of hydrogen-bond donors (Lipinski definition) is 2. The van der Waals surface area contributed by atoms with Crippen molar-refractivity contribution in [3.05, 3.63) is 65.0 Å². The number of esters is 1. The molecule has 2 unspecified atom stereocenters. The zero-order valence-corrected chi connectivity index (χ0v) is 17.8. The van der Waals surface area contributed by atoms with Crippen molar-refractivity contribution in [2.45, 2.75) is 25.0 Å². The summed E-state index contributed by atoms with van der Waals surface area (Å²) < 4.78 is 7.15. The first kappa shape index (κ1) is 20.0. The number of carboxylic acid groups (broad SMARTS) is 1. The van der Waals surface area contributed by atoms with Crippen LogP contribution in [0, 0.1) is 5.92 Å². The summed E-state index contributed by atoms with van der Waals surface area (Å²) in [4.78, 5) is 27.2. The van der Waals surface area contributed by atoms with Gasteiger partial charge in [-0.2, -0.15) is 0 Å². The molecule has 0 saturated carbocycles. The molecule has 7 heteroatoms. The maximum Gasteiger partial charge on any atom is 0.335 e. The Kier molecular flexibility index (Phi) is 5.38. The molecule has 2 atom stereocenters. The third-order valence-corrected chi connectivity index (χ3v) is 7.32. The lowest BCUT2D eigenvalue weighted by Crippen LogP contribution is -2.52. The fraction of sp³-hybridized carbons (Fsp3) is 0.333. The molecule has 1 aromatic heterocycles. The van der Waals surface area contributed by atoms with Crippen molar-refractivity contribution in [2.75, 3.05) is 25.0 Å². The number of fused-ring (bicyclic) bond motifs is 4. The summed E-state index contributed by atoms with van der Waals surface area (Å²) in [7, 11) is 0. The summed E-state index contributed by atoms with van der Waals surface area (Å²) in [5.41, 5.74) is 1.60. The number of rotatable bonds is 6. The van der Waals surface area contributed by atoms with Gasteiger partial charge in [0.05, 0.1) is 5.56 Å². The minimum Gasteiger partial charge on any atom is -0.478 e. The number of ether oxygens (including phenoxy) is 1. The van der Waals surface area contributed by atoms with Crippen LogP contribution >= 0.6 is 11.3 Å². The van der Waals surface area contributed by atoms with Crippen LogP contribution < -0.4 is 5.32 Å². The molecular formula is C24H24N2O4S. The number of benzene rings is 2. The fourth-order valence-corrected chi connectivity index (χ4v) is 5.64. The molecule has 6 nitrogen and oxygen atoms in total. The van der Waals surface area contributed by atoms with Crippen LogP contribution in [0.3, 0.4) is 0 Å². The maximum absolute atomic E-state index is 13.4.